The minimum absolute atomic E-state index is 0.265. The Morgan fingerprint density at radius 1 is 1.19 bits per heavy atom. The third-order valence-corrected chi connectivity index (χ3v) is 3.55. The zero-order chi connectivity index (χ0) is 11.5. The van der Waals surface area contributed by atoms with Crippen molar-refractivity contribution in [2.45, 2.75) is 18.2 Å². The highest BCUT2D eigenvalue weighted by Gasteiger charge is 2.24. The molecule has 1 aliphatic rings. The van der Waals surface area contributed by atoms with Crippen LogP contribution in [-0.4, -0.2) is 13.2 Å². The number of alkyl halides is 1. The number of halogens is 3. The van der Waals surface area contributed by atoms with Gasteiger partial charge in [-0.15, -0.1) is 11.6 Å². The molecule has 0 saturated carbocycles. The Hall–Kier alpha value is -0.670. The van der Waals surface area contributed by atoms with E-state index in [4.69, 9.17) is 16.3 Å². The topological polar surface area (TPSA) is 9.23 Å². The molecule has 4 heteroatoms. The summed E-state index contributed by atoms with van der Waals surface area (Å²) >= 11 is 6.26. The molecular formula is C12H13ClF2O. The van der Waals surface area contributed by atoms with Gasteiger partial charge >= 0.3 is 0 Å². The third-order valence-electron chi connectivity index (χ3n) is 2.94. The summed E-state index contributed by atoms with van der Waals surface area (Å²) in [6, 6.07) is 3.85. The van der Waals surface area contributed by atoms with Gasteiger partial charge in [0.15, 0.2) is 11.6 Å². The lowest BCUT2D eigenvalue weighted by Gasteiger charge is -2.26. The molecule has 1 atom stereocenters. The molecule has 1 aromatic carbocycles. The molecule has 0 amide bonds. The zero-order valence-electron chi connectivity index (χ0n) is 8.76. The van der Waals surface area contributed by atoms with Gasteiger partial charge in [0.25, 0.3) is 0 Å². The second-order valence-corrected chi connectivity index (χ2v) is 4.50. The van der Waals surface area contributed by atoms with Crippen molar-refractivity contribution in [1.82, 2.24) is 0 Å². The van der Waals surface area contributed by atoms with Gasteiger partial charge in [0, 0.05) is 13.2 Å². The fourth-order valence-electron chi connectivity index (χ4n) is 1.96. The minimum atomic E-state index is -0.838. The van der Waals surface area contributed by atoms with Crippen LogP contribution in [0.4, 0.5) is 8.78 Å². The van der Waals surface area contributed by atoms with Crippen LogP contribution >= 0.6 is 11.6 Å². The van der Waals surface area contributed by atoms with Crippen LogP contribution in [0, 0.1) is 17.6 Å². The summed E-state index contributed by atoms with van der Waals surface area (Å²) in [6.45, 7) is 1.38. The molecule has 2 rings (SSSR count). The Kier molecular flexibility index (Phi) is 3.77. The number of hydrogen-bond donors (Lipinski definition) is 0. The van der Waals surface area contributed by atoms with Crippen molar-refractivity contribution < 1.29 is 13.5 Å². The van der Waals surface area contributed by atoms with Crippen molar-refractivity contribution in [2.75, 3.05) is 13.2 Å². The maximum Gasteiger partial charge on any atom is 0.159 e. The Balaban J connectivity index is 2.12. The van der Waals surface area contributed by atoms with Crippen molar-refractivity contribution in [2.24, 2.45) is 5.92 Å². The maximum atomic E-state index is 13.0. The highest BCUT2D eigenvalue weighted by Crippen LogP contribution is 2.35. The first-order valence-corrected chi connectivity index (χ1v) is 5.79. The molecule has 0 radical (unpaired) electrons. The molecule has 1 saturated heterocycles. The van der Waals surface area contributed by atoms with Gasteiger partial charge in [-0.1, -0.05) is 6.07 Å². The van der Waals surface area contributed by atoms with Gasteiger partial charge in [-0.25, -0.2) is 8.78 Å². The first-order chi connectivity index (χ1) is 7.68. The number of benzene rings is 1. The largest absolute Gasteiger partial charge is 0.381 e. The van der Waals surface area contributed by atoms with E-state index in [1.807, 2.05) is 0 Å². The molecule has 0 bridgehead atoms. The molecule has 1 nitrogen and oxygen atoms in total. The van der Waals surface area contributed by atoms with Crippen molar-refractivity contribution in [3.63, 3.8) is 0 Å². The molecule has 1 fully saturated rings. The second-order valence-electron chi connectivity index (χ2n) is 4.03. The molecule has 0 aliphatic carbocycles. The van der Waals surface area contributed by atoms with Gasteiger partial charge in [0.1, 0.15) is 0 Å². The van der Waals surface area contributed by atoms with E-state index < -0.39 is 11.6 Å². The quantitative estimate of drug-likeness (QED) is 0.724. The monoisotopic (exact) mass is 246 g/mol. The van der Waals surface area contributed by atoms with Crippen molar-refractivity contribution in [3.05, 3.63) is 35.4 Å². The predicted molar refractivity (Wildman–Crippen MR) is 58.5 cm³/mol. The van der Waals surface area contributed by atoms with E-state index in [2.05, 4.69) is 0 Å². The van der Waals surface area contributed by atoms with Crippen molar-refractivity contribution >= 4 is 11.6 Å². The molecule has 0 N–H and O–H groups in total. The normalized spacial score (nSPS) is 19.7. The van der Waals surface area contributed by atoms with Gasteiger partial charge in [0.05, 0.1) is 5.38 Å². The van der Waals surface area contributed by atoms with E-state index in [1.165, 1.54) is 6.07 Å². The molecule has 1 unspecified atom stereocenters. The zero-order valence-corrected chi connectivity index (χ0v) is 9.51. The first kappa shape index (κ1) is 11.8. The van der Waals surface area contributed by atoms with Crippen LogP contribution in [0.1, 0.15) is 23.8 Å². The summed E-state index contributed by atoms with van der Waals surface area (Å²) in [5.41, 5.74) is 0.646. The number of hydrogen-bond acceptors (Lipinski definition) is 1. The average Bonchev–Trinajstić information content (AvgIpc) is 2.33. The smallest absolute Gasteiger partial charge is 0.159 e. The highest BCUT2D eigenvalue weighted by molar-refractivity contribution is 6.21. The van der Waals surface area contributed by atoms with E-state index in [9.17, 15) is 8.78 Å². The fourth-order valence-corrected chi connectivity index (χ4v) is 2.35. The van der Waals surface area contributed by atoms with Crippen LogP contribution in [0.15, 0.2) is 18.2 Å². The summed E-state index contributed by atoms with van der Waals surface area (Å²) in [6.07, 6.45) is 1.74. The maximum absolute atomic E-state index is 13.0. The van der Waals surface area contributed by atoms with Gasteiger partial charge in [-0.3, -0.25) is 0 Å². The Bertz CT molecular complexity index is 364. The molecular weight excluding hydrogens is 234 g/mol. The van der Waals surface area contributed by atoms with Gasteiger partial charge in [-0.2, -0.15) is 0 Å². The first-order valence-electron chi connectivity index (χ1n) is 5.35. The Labute approximate surface area is 98.4 Å². The summed E-state index contributed by atoms with van der Waals surface area (Å²) in [4.78, 5) is 0. The molecule has 0 spiro atoms. The number of ether oxygens (including phenoxy) is 1. The van der Waals surface area contributed by atoms with E-state index in [-0.39, 0.29) is 11.3 Å². The van der Waals surface area contributed by atoms with Crippen LogP contribution in [0.3, 0.4) is 0 Å². The SMILES string of the molecule is Fc1ccc(C(Cl)C2CCOCC2)cc1F. The lowest BCUT2D eigenvalue weighted by molar-refractivity contribution is 0.0650. The van der Waals surface area contributed by atoms with E-state index in [0.29, 0.717) is 18.8 Å². The van der Waals surface area contributed by atoms with E-state index in [1.54, 1.807) is 6.07 Å². The van der Waals surface area contributed by atoms with Crippen LogP contribution < -0.4 is 0 Å². The van der Waals surface area contributed by atoms with Crippen LogP contribution in [0.5, 0.6) is 0 Å². The summed E-state index contributed by atoms with van der Waals surface area (Å²) in [7, 11) is 0. The summed E-state index contributed by atoms with van der Waals surface area (Å²) in [5, 5.41) is -0.265. The second kappa shape index (κ2) is 5.11. The average molecular weight is 247 g/mol. The van der Waals surface area contributed by atoms with E-state index in [0.717, 1.165) is 18.9 Å². The molecule has 0 aromatic heterocycles. The van der Waals surface area contributed by atoms with Gasteiger partial charge < -0.3 is 4.74 Å². The lowest BCUT2D eigenvalue weighted by Crippen LogP contribution is -2.19. The van der Waals surface area contributed by atoms with Crippen LogP contribution in [0.2, 0.25) is 0 Å². The lowest BCUT2D eigenvalue weighted by atomic mass is 9.92. The van der Waals surface area contributed by atoms with Crippen LogP contribution in [0.25, 0.3) is 0 Å². The third kappa shape index (κ3) is 2.53. The predicted octanol–water partition coefficient (Wildman–Crippen LogP) is 3.67. The van der Waals surface area contributed by atoms with Crippen LogP contribution in [-0.2, 0) is 4.74 Å². The summed E-state index contributed by atoms with van der Waals surface area (Å²) in [5.74, 6) is -1.39. The Morgan fingerprint density at radius 2 is 1.88 bits per heavy atom. The van der Waals surface area contributed by atoms with Crippen molar-refractivity contribution in [1.29, 1.82) is 0 Å². The Morgan fingerprint density at radius 3 is 2.50 bits per heavy atom. The molecule has 1 heterocycles. The molecule has 1 aromatic rings. The molecule has 88 valence electrons. The highest BCUT2D eigenvalue weighted by atomic mass is 35.5. The minimum Gasteiger partial charge on any atom is -0.381 e. The van der Waals surface area contributed by atoms with Crippen molar-refractivity contribution in [3.8, 4) is 0 Å². The number of rotatable bonds is 2. The van der Waals surface area contributed by atoms with E-state index >= 15 is 0 Å². The molecule has 16 heavy (non-hydrogen) atoms. The van der Waals surface area contributed by atoms with Gasteiger partial charge in [-0.05, 0) is 36.5 Å². The molecule has 1 aliphatic heterocycles. The standard InChI is InChI=1S/C12H13ClF2O/c13-12(8-3-5-16-6-4-8)9-1-2-10(14)11(15)7-9/h1-2,7-8,12H,3-6H2. The summed E-state index contributed by atoms with van der Waals surface area (Å²) < 4.78 is 31.1. The van der Waals surface area contributed by atoms with Gasteiger partial charge in [0.2, 0.25) is 0 Å². The fraction of sp³-hybridized carbons (Fsp3) is 0.500.